The number of para-hydroxylation sites is 2. The molecule has 0 fully saturated rings. The standard InChI is InChI=1S/C12H10B2O3.H3N/c13-17-14(15-11-7-3-1-4-8-11)16-12-9-5-2-6-10-12;/h1-10H;1H3. The molecule has 0 aromatic heterocycles. The van der Waals surface area contributed by atoms with Crippen molar-refractivity contribution in [2.45, 2.75) is 0 Å². The molecule has 0 spiro atoms. The minimum absolute atomic E-state index is 0. The van der Waals surface area contributed by atoms with Crippen molar-refractivity contribution in [3.05, 3.63) is 60.7 Å². The molecule has 0 saturated heterocycles. The lowest BCUT2D eigenvalue weighted by molar-refractivity contribution is 0.319. The normalized spacial score (nSPS) is 9.11. The third-order valence-corrected chi connectivity index (χ3v) is 2.06. The van der Waals surface area contributed by atoms with Gasteiger partial charge in [-0.3, -0.25) is 0 Å². The lowest BCUT2D eigenvalue weighted by atomic mass is 10.2. The summed E-state index contributed by atoms with van der Waals surface area (Å²) in [6.45, 7) is 0. The van der Waals surface area contributed by atoms with Gasteiger partial charge in [0.25, 0.3) is 8.05 Å². The molecule has 2 aromatic carbocycles. The first-order valence-electron chi connectivity index (χ1n) is 5.17. The number of hydrogen-bond acceptors (Lipinski definition) is 4. The van der Waals surface area contributed by atoms with Gasteiger partial charge in [-0.25, -0.2) is 0 Å². The Kier molecular flexibility index (Phi) is 5.84. The third-order valence-electron chi connectivity index (χ3n) is 2.06. The van der Waals surface area contributed by atoms with E-state index in [1.807, 2.05) is 36.4 Å². The van der Waals surface area contributed by atoms with E-state index in [9.17, 15) is 0 Å². The van der Waals surface area contributed by atoms with Crippen LogP contribution in [0.15, 0.2) is 60.7 Å². The zero-order valence-corrected chi connectivity index (χ0v) is 9.86. The predicted molar refractivity (Wildman–Crippen MR) is 71.8 cm³/mol. The molecule has 2 rings (SSSR count). The molecule has 0 aliphatic rings. The first-order valence-corrected chi connectivity index (χ1v) is 5.17. The minimum atomic E-state index is -0.972. The van der Waals surface area contributed by atoms with E-state index < -0.39 is 7.32 Å². The van der Waals surface area contributed by atoms with Gasteiger partial charge in [0, 0.05) is 0 Å². The van der Waals surface area contributed by atoms with Crippen molar-refractivity contribution in [3.63, 3.8) is 0 Å². The van der Waals surface area contributed by atoms with Crippen molar-refractivity contribution in [2.24, 2.45) is 0 Å². The third kappa shape index (κ3) is 4.16. The molecule has 0 saturated carbocycles. The molecule has 4 nitrogen and oxygen atoms in total. The molecule has 90 valence electrons. The Bertz CT molecular complexity index is 400. The maximum atomic E-state index is 5.40. The molecular weight excluding hydrogens is 228 g/mol. The monoisotopic (exact) mass is 241 g/mol. The molecule has 0 atom stereocenters. The fourth-order valence-corrected chi connectivity index (χ4v) is 1.30. The highest BCUT2D eigenvalue weighted by molar-refractivity contribution is 6.43. The average Bonchev–Trinajstić information content (AvgIpc) is 2.40. The Labute approximate surface area is 108 Å². The van der Waals surface area contributed by atoms with Gasteiger partial charge in [0.15, 0.2) is 0 Å². The van der Waals surface area contributed by atoms with Crippen LogP contribution in [0.25, 0.3) is 0 Å². The van der Waals surface area contributed by atoms with Crippen LogP contribution >= 0.6 is 0 Å². The summed E-state index contributed by atoms with van der Waals surface area (Å²) < 4.78 is 15.4. The van der Waals surface area contributed by atoms with Crippen LogP contribution in [-0.4, -0.2) is 15.4 Å². The Hall–Kier alpha value is -1.91. The Morgan fingerprint density at radius 1 is 0.722 bits per heavy atom. The molecule has 18 heavy (non-hydrogen) atoms. The maximum absolute atomic E-state index is 5.40. The van der Waals surface area contributed by atoms with Crippen LogP contribution in [0.1, 0.15) is 0 Å². The first kappa shape index (κ1) is 14.2. The smallest absolute Gasteiger partial charge is 0.502 e. The van der Waals surface area contributed by atoms with Crippen LogP contribution in [0.4, 0.5) is 0 Å². The van der Waals surface area contributed by atoms with E-state index >= 15 is 0 Å². The highest BCUT2D eigenvalue weighted by atomic mass is 16.7. The second-order valence-corrected chi connectivity index (χ2v) is 3.29. The van der Waals surface area contributed by atoms with Crippen molar-refractivity contribution in [1.82, 2.24) is 6.15 Å². The molecule has 0 unspecified atom stereocenters. The van der Waals surface area contributed by atoms with E-state index in [1.54, 1.807) is 24.3 Å². The zero-order chi connectivity index (χ0) is 11.9. The molecule has 0 aliphatic carbocycles. The van der Waals surface area contributed by atoms with Gasteiger partial charge in [-0.1, -0.05) is 36.4 Å². The second-order valence-electron chi connectivity index (χ2n) is 3.29. The SMILES string of the molecule is N.[B]OB(Oc1ccccc1)Oc1ccccc1. The van der Waals surface area contributed by atoms with E-state index in [0.717, 1.165) is 0 Å². The van der Waals surface area contributed by atoms with Gasteiger partial charge in [0.1, 0.15) is 11.5 Å². The van der Waals surface area contributed by atoms with Crippen LogP contribution < -0.4 is 15.5 Å². The Morgan fingerprint density at radius 3 is 1.44 bits per heavy atom. The first-order chi connectivity index (χ1) is 8.38. The highest BCUT2D eigenvalue weighted by Crippen LogP contribution is 2.14. The highest BCUT2D eigenvalue weighted by Gasteiger charge is 2.23. The van der Waals surface area contributed by atoms with Crippen molar-refractivity contribution in [2.75, 3.05) is 0 Å². The summed E-state index contributed by atoms with van der Waals surface area (Å²) in [5, 5.41) is 0. The number of hydrogen-bond donors (Lipinski definition) is 1. The predicted octanol–water partition coefficient (Wildman–Crippen LogP) is 2.39. The molecule has 0 bridgehead atoms. The Balaban J connectivity index is 0.00000162. The van der Waals surface area contributed by atoms with Crippen LogP contribution in [0.3, 0.4) is 0 Å². The topological polar surface area (TPSA) is 62.7 Å². The number of rotatable bonds is 5. The van der Waals surface area contributed by atoms with Gasteiger partial charge in [-0.15, -0.1) is 0 Å². The lowest BCUT2D eigenvalue weighted by Crippen LogP contribution is -2.32. The summed E-state index contributed by atoms with van der Waals surface area (Å²) in [7, 11) is 4.15. The molecule has 0 amide bonds. The van der Waals surface area contributed by atoms with Crippen LogP contribution in [0.2, 0.25) is 0 Å². The Morgan fingerprint density at radius 2 is 1.11 bits per heavy atom. The van der Waals surface area contributed by atoms with E-state index in [-0.39, 0.29) is 6.15 Å². The van der Waals surface area contributed by atoms with Crippen LogP contribution in [0, 0.1) is 0 Å². The van der Waals surface area contributed by atoms with Gasteiger partial charge in [-0.2, -0.15) is 0 Å². The summed E-state index contributed by atoms with van der Waals surface area (Å²) >= 11 is 0. The van der Waals surface area contributed by atoms with Gasteiger partial charge in [0.05, 0.1) is 0 Å². The average molecular weight is 241 g/mol. The molecule has 6 heteroatoms. The van der Waals surface area contributed by atoms with Gasteiger partial charge >= 0.3 is 7.32 Å². The number of benzene rings is 2. The van der Waals surface area contributed by atoms with Crippen molar-refractivity contribution in [3.8, 4) is 11.5 Å². The molecule has 2 radical (unpaired) electrons. The van der Waals surface area contributed by atoms with E-state index in [4.69, 9.17) is 17.4 Å². The van der Waals surface area contributed by atoms with Crippen molar-refractivity contribution < 1.29 is 13.9 Å². The van der Waals surface area contributed by atoms with E-state index in [2.05, 4.69) is 4.57 Å². The van der Waals surface area contributed by atoms with Crippen LogP contribution in [-0.2, 0) is 4.57 Å². The molecule has 3 N–H and O–H groups in total. The van der Waals surface area contributed by atoms with Crippen LogP contribution in [0.5, 0.6) is 11.5 Å². The molecule has 2 aromatic rings. The van der Waals surface area contributed by atoms with Crippen molar-refractivity contribution >= 4 is 15.4 Å². The quantitative estimate of drug-likeness (QED) is 0.816. The lowest BCUT2D eigenvalue weighted by Gasteiger charge is -2.14. The fraction of sp³-hybridized carbons (Fsp3) is 0. The maximum Gasteiger partial charge on any atom is 0.771 e. The zero-order valence-electron chi connectivity index (χ0n) is 9.86. The fourth-order valence-electron chi connectivity index (χ4n) is 1.30. The van der Waals surface area contributed by atoms with E-state index in [0.29, 0.717) is 11.5 Å². The van der Waals surface area contributed by atoms with Crippen molar-refractivity contribution in [1.29, 1.82) is 0 Å². The summed E-state index contributed by atoms with van der Waals surface area (Å²) in [6.07, 6.45) is 0. The summed E-state index contributed by atoms with van der Waals surface area (Å²) in [5.74, 6) is 1.25. The molecule has 0 aliphatic heterocycles. The summed E-state index contributed by atoms with van der Waals surface area (Å²) in [4.78, 5) is 0. The van der Waals surface area contributed by atoms with Gasteiger partial charge < -0.3 is 20.0 Å². The second kappa shape index (κ2) is 7.42. The molecule has 0 heterocycles. The minimum Gasteiger partial charge on any atom is -0.502 e. The van der Waals surface area contributed by atoms with Gasteiger partial charge in [-0.05, 0) is 24.3 Å². The summed E-state index contributed by atoms with van der Waals surface area (Å²) in [5.41, 5.74) is 0. The molecular formula is C12H13B2NO3. The van der Waals surface area contributed by atoms with E-state index in [1.165, 1.54) is 0 Å². The summed E-state index contributed by atoms with van der Waals surface area (Å²) in [6, 6.07) is 18.4. The van der Waals surface area contributed by atoms with Gasteiger partial charge in [0.2, 0.25) is 0 Å². The largest absolute Gasteiger partial charge is 0.771 e.